The van der Waals surface area contributed by atoms with E-state index in [0.29, 0.717) is 18.8 Å². The summed E-state index contributed by atoms with van der Waals surface area (Å²) in [7, 11) is 1.56. The van der Waals surface area contributed by atoms with Crippen molar-refractivity contribution in [3.8, 4) is 28.3 Å². The number of ether oxygens (including phenoxy) is 1. The van der Waals surface area contributed by atoms with E-state index in [-0.39, 0.29) is 5.82 Å². The van der Waals surface area contributed by atoms with Crippen LogP contribution in [0.5, 0.6) is 5.75 Å². The van der Waals surface area contributed by atoms with Gasteiger partial charge in [-0.2, -0.15) is 0 Å². The summed E-state index contributed by atoms with van der Waals surface area (Å²) in [6.45, 7) is 3.28. The van der Waals surface area contributed by atoms with E-state index >= 15 is 0 Å². The summed E-state index contributed by atoms with van der Waals surface area (Å²) >= 11 is 0. The fourth-order valence-corrected chi connectivity index (χ4v) is 4.03. The number of aromatic nitrogens is 5. The number of anilines is 1. The van der Waals surface area contributed by atoms with Gasteiger partial charge in [-0.25, -0.2) is 19.3 Å². The molecule has 0 unspecified atom stereocenters. The Kier molecular flexibility index (Phi) is 5.48. The molecule has 0 aliphatic carbocycles. The van der Waals surface area contributed by atoms with Crippen molar-refractivity contribution in [3.63, 3.8) is 0 Å². The van der Waals surface area contributed by atoms with E-state index < -0.39 is 0 Å². The van der Waals surface area contributed by atoms with Gasteiger partial charge >= 0.3 is 0 Å². The van der Waals surface area contributed by atoms with Crippen molar-refractivity contribution in [2.75, 3.05) is 19.0 Å². The molecule has 2 N–H and O–H groups in total. The number of imidazole rings is 1. The van der Waals surface area contributed by atoms with Crippen molar-refractivity contribution in [3.05, 3.63) is 78.9 Å². The molecule has 3 heterocycles. The highest BCUT2D eigenvalue weighted by atomic mass is 19.1. The first-order valence-corrected chi connectivity index (χ1v) is 10.6. The lowest BCUT2D eigenvalue weighted by molar-refractivity contribution is 0.416. The molecule has 8 heteroatoms. The Labute approximate surface area is 190 Å². The van der Waals surface area contributed by atoms with E-state index in [0.717, 1.165) is 44.9 Å². The van der Waals surface area contributed by atoms with E-state index in [1.165, 1.54) is 6.07 Å². The Bertz CT molecular complexity index is 1390. The maximum atomic E-state index is 14.0. The minimum Gasteiger partial charge on any atom is -0.496 e. The maximum Gasteiger partial charge on any atom is 0.131 e. The van der Waals surface area contributed by atoms with Crippen LogP contribution in [0.2, 0.25) is 0 Å². The molecular weight excluding hydrogens is 419 g/mol. The molecule has 0 atom stereocenters. The van der Waals surface area contributed by atoms with Crippen molar-refractivity contribution in [2.24, 2.45) is 0 Å². The van der Waals surface area contributed by atoms with Gasteiger partial charge in [-0.15, -0.1) is 0 Å². The topological polar surface area (TPSA) is 80.6 Å². The highest BCUT2D eigenvalue weighted by Gasteiger charge is 2.12. The normalized spacial score (nSPS) is 11.1. The Morgan fingerprint density at radius 1 is 1.06 bits per heavy atom. The van der Waals surface area contributed by atoms with Gasteiger partial charge in [0.1, 0.15) is 23.7 Å². The second-order valence-corrected chi connectivity index (χ2v) is 7.74. The van der Waals surface area contributed by atoms with Crippen molar-refractivity contribution >= 4 is 16.7 Å². The third-order valence-corrected chi connectivity index (χ3v) is 5.67. The molecule has 0 bridgehead atoms. The van der Waals surface area contributed by atoms with Crippen LogP contribution in [0, 0.1) is 12.7 Å². The Morgan fingerprint density at radius 3 is 2.64 bits per heavy atom. The molecule has 0 radical (unpaired) electrons. The lowest BCUT2D eigenvalue weighted by Crippen LogP contribution is -2.12. The predicted octanol–water partition coefficient (Wildman–Crippen LogP) is 5.06. The molecule has 0 amide bonds. The Balaban J connectivity index is 1.30. The third-order valence-electron chi connectivity index (χ3n) is 5.67. The van der Waals surface area contributed by atoms with Crippen molar-refractivity contribution in [2.45, 2.75) is 13.5 Å². The predicted molar refractivity (Wildman–Crippen MR) is 127 cm³/mol. The average Bonchev–Trinajstić information content (AvgIpc) is 3.48. The number of nitrogens with one attached hydrogen (secondary N) is 2. The summed E-state index contributed by atoms with van der Waals surface area (Å²) in [6.07, 6.45) is 5.01. The van der Waals surface area contributed by atoms with Crippen molar-refractivity contribution < 1.29 is 9.13 Å². The zero-order valence-electron chi connectivity index (χ0n) is 18.3. The molecule has 33 heavy (non-hydrogen) atoms. The van der Waals surface area contributed by atoms with Crippen LogP contribution in [0.1, 0.15) is 5.69 Å². The van der Waals surface area contributed by atoms with E-state index in [1.54, 1.807) is 32.0 Å². The zero-order chi connectivity index (χ0) is 22.8. The highest BCUT2D eigenvalue weighted by molar-refractivity contribution is 5.87. The van der Waals surface area contributed by atoms with Crippen LogP contribution in [-0.2, 0) is 6.54 Å². The SMILES string of the molecule is COc1cc(F)cc2c1cc(C)n2CCNc1cc(-c2ccc(-c3cnc[nH]3)cc2)ncn1. The number of aromatic amines is 1. The number of hydrogen-bond donors (Lipinski definition) is 2. The molecule has 0 saturated carbocycles. The lowest BCUT2D eigenvalue weighted by atomic mass is 10.1. The van der Waals surface area contributed by atoms with E-state index in [2.05, 4.69) is 29.8 Å². The molecule has 5 rings (SSSR count). The summed E-state index contributed by atoms with van der Waals surface area (Å²) in [4.78, 5) is 15.9. The first-order chi connectivity index (χ1) is 16.1. The van der Waals surface area contributed by atoms with E-state index in [1.807, 2.05) is 43.3 Å². The van der Waals surface area contributed by atoms with Gasteiger partial charge in [-0.3, -0.25) is 0 Å². The fourth-order valence-electron chi connectivity index (χ4n) is 4.03. The molecule has 0 fully saturated rings. The van der Waals surface area contributed by atoms with Gasteiger partial charge in [-0.1, -0.05) is 24.3 Å². The standard InChI is InChI=1S/C25H23FN6O/c1-16-9-20-23(10-19(26)11-24(20)33-2)32(16)8-7-28-25-12-21(30-15-31-25)17-3-5-18(6-4-17)22-13-27-14-29-22/h3-6,9-15H,7-8H2,1-2H3,(H,27,29)(H,28,30,31). The number of rotatable bonds is 7. The van der Waals surface area contributed by atoms with Gasteiger partial charge in [0.2, 0.25) is 0 Å². The van der Waals surface area contributed by atoms with Crippen LogP contribution in [0.25, 0.3) is 33.4 Å². The van der Waals surface area contributed by atoms with Crippen LogP contribution >= 0.6 is 0 Å². The second kappa shape index (κ2) is 8.74. The number of fused-ring (bicyclic) bond motifs is 1. The van der Waals surface area contributed by atoms with Crippen LogP contribution in [0.15, 0.2) is 67.4 Å². The fraction of sp³-hybridized carbons (Fsp3) is 0.160. The van der Waals surface area contributed by atoms with Crippen molar-refractivity contribution in [1.29, 1.82) is 0 Å². The molecule has 7 nitrogen and oxygen atoms in total. The largest absolute Gasteiger partial charge is 0.496 e. The summed E-state index contributed by atoms with van der Waals surface area (Å²) in [5.74, 6) is 0.958. The second-order valence-electron chi connectivity index (χ2n) is 7.74. The van der Waals surface area contributed by atoms with Crippen molar-refractivity contribution in [1.82, 2.24) is 24.5 Å². The Hall–Kier alpha value is -4.20. The van der Waals surface area contributed by atoms with Gasteiger partial charge < -0.3 is 19.6 Å². The minimum absolute atomic E-state index is 0.314. The summed E-state index contributed by atoms with van der Waals surface area (Å²) < 4.78 is 21.5. The smallest absolute Gasteiger partial charge is 0.131 e. The number of benzene rings is 2. The number of halogens is 1. The van der Waals surface area contributed by atoms with Gasteiger partial charge in [-0.05, 0) is 24.6 Å². The molecule has 0 aliphatic rings. The van der Waals surface area contributed by atoms with Crippen LogP contribution in [-0.4, -0.2) is 38.2 Å². The molecule has 5 aromatic rings. The summed E-state index contributed by atoms with van der Waals surface area (Å²) in [5, 5.41) is 4.25. The van der Waals surface area contributed by atoms with Gasteiger partial charge in [0.05, 0.1) is 36.5 Å². The maximum absolute atomic E-state index is 14.0. The summed E-state index contributed by atoms with van der Waals surface area (Å²) in [5.41, 5.74) is 5.71. The van der Waals surface area contributed by atoms with Gasteiger partial charge in [0.15, 0.2) is 0 Å². The Morgan fingerprint density at radius 2 is 1.88 bits per heavy atom. The molecular formula is C25H23FN6O. The number of nitrogens with zero attached hydrogens (tertiary/aromatic N) is 4. The monoisotopic (exact) mass is 442 g/mol. The number of H-pyrrole nitrogens is 1. The zero-order valence-corrected chi connectivity index (χ0v) is 18.3. The lowest BCUT2D eigenvalue weighted by Gasteiger charge is -2.11. The highest BCUT2D eigenvalue weighted by Crippen LogP contribution is 2.30. The van der Waals surface area contributed by atoms with Crippen LogP contribution < -0.4 is 10.1 Å². The molecule has 2 aromatic carbocycles. The first kappa shape index (κ1) is 20.7. The number of aryl methyl sites for hydroxylation is 1. The molecule has 3 aromatic heterocycles. The summed E-state index contributed by atoms with van der Waals surface area (Å²) in [6, 6.07) is 15.0. The molecule has 166 valence electrons. The average molecular weight is 442 g/mol. The first-order valence-electron chi connectivity index (χ1n) is 10.6. The number of methoxy groups -OCH3 is 1. The third kappa shape index (κ3) is 4.15. The van der Waals surface area contributed by atoms with Gasteiger partial charge in [0, 0.05) is 41.9 Å². The van der Waals surface area contributed by atoms with Crippen LogP contribution in [0.4, 0.5) is 10.2 Å². The minimum atomic E-state index is -0.314. The van der Waals surface area contributed by atoms with E-state index in [9.17, 15) is 4.39 Å². The molecule has 0 spiro atoms. The van der Waals surface area contributed by atoms with Gasteiger partial charge in [0.25, 0.3) is 0 Å². The van der Waals surface area contributed by atoms with E-state index in [4.69, 9.17) is 4.74 Å². The quantitative estimate of drug-likeness (QED) is 0.368. The molecule has 0 aliphatic heterocycles. The number of hydrogen-bond acceptors (Lipinski definition) is 5. The van der Waals surface area contributed by atoms with Crippen LogP contribution in [0.3, 0.4) is 0 Å². The molecule has 0 saturated heterocycles.